The Morgan fingerprint density at radius 1 is 0.786 bits per heavy atom. The van der Waals surface area contributed by atoms with E-state index in [0.29, 0.717) is 18.9 Å². The Morgan fingerprint density at radius 3 is 1.64 bits per heavy atom. The van der Waals surface area contributed by atoms with E-state index in [2.05, 4.69) is 4.98 Å². The molecule has 0 aliphatic rings. The third kappa shape index (κ3) is 4.91. The molecule has 28 heavy (non-hydrogen) atoms. The number of aromatic nitrogens is 1. The van der Waals surface area contributed by atoms with Gasteiger partial charge in [-0.1, -0.05) is 59.7 Å². The van der Waals surface area contributed by atoms with Gasteiger partial charge >= 0.3 is 6.18 Å². The number of nitrogens with zero attached hydrogens (tertiary/aromatic N) is 2. The Kier molecular flexibility index (Phi) is 5.73. The lowest BCUT2D eigenvalue weighted by molar-refractivity contribution is -0.138. The molecule has 0 atom stereocenters. The van der Waals surface area contributed by atoms with Crippen LogP contribution in [0.25, 0.3) is 0 Å². The third-order valence-electron chi connectivity index (χ3n) is 4.71. The number of aryl methyl sites for hydroxylation is 3. The second kappa shape index (κ2) is 8.05. The highest BCUT2D eigenvalue weighted by Crippen LogP contribution is 2.33. The summed E-state index contributed by atoms with van der Waals surface area (Å²) >= 11 is 0. The average molecular weight is 384 g/mol. The largest absolute Gasteiger partial charge is 0.418 e. The summed E-state index contributed by atoms with van der Waals surface area (Å²) in [7, 11) is 0. The van der Waals surface area contributed by atoms with Crippen LogP contribution in [0.15, 0.2) is 60.8 Å². The maximum absolute atomic E-state index is 13.1. The molecule has 0 aliphatic carbocycles. The van der Waals surface area contributed by atoms with E-state index in [1.165, 1.54) is 13.0 Å². The highest BCUT2D eigenvalue weighted by atomic mass is 19.4. The van der Waals surface area contributed by atoms with Crippen LogP contribution in [-0.2, 0) is 19.3 Å². The van der Waals surface area contributed by atoms with Gasteiger partial charge in [0.1, 0.15) is 5.82 Å². The number of anilines is 1. The maximum Gasteiger partial charge on any atom is 0.418 e. The van der Waals surface area contributed by atoms with Gasteiger partial charge in [-0.3, -0.25) is 0 Å². The van der Waals surface area contributed by atoms with Crippen LogP contribution in [0.1, 0.15) is 33.4 Å². The summed E-state index contributed by atoms with van der Waals surface area (Å²) in [4.78, 5) is 6.14. The molecule has 0 spiro atoms. The zero-order chi connectivity index (χ0) is 20.3. The summed E-state index contributed by atoms with van der Waals surface area (Å²) in [6.45, 7) is 6.64. The number of rotatable bonds is 5. The molecule has 2 aromatic carbocycles. The minimum absolute atomic E-state index is 0.176. The first-order valence-electron chi connectivity index (χ1n) is 9.12. The summed E-state index contributed by atoms with van der Waals surface area (Å²) in [5.41, 5.74) is 3.97. The van der Waals surface area contributed by atoms with E-state index in [4.69, 9.17) is 0 Å². The van der Waals surface area contributed by atoms with Gasteiger partial charge in [-0.05, 0) is 43.5 Å². The van der Waals surface area contributed by atoms with Crippen molar-refractivity contribution in [1.29, 1.82) is 0 Å². The first-order chi connectivity index (χ1) is 13.2. The van der Waals surface area contributed by atoms with Crippen molar-refractivity contribution in [3.63, 3.8) is 0 Å². The molecule has 5 heteroatoms. The lowest BCUT2D eigenvalue weighted by Crippen LogP contribution is -2.24. The Morgan fingerprint density at radius 2 is 1.25 bits per heavy atom. The summed E-state index contributed by atoms with van der Waals surface area (Å²) in [5.74, 6) is 0.534. The summed E-state index contributed by atoms with van der Waals surface area (Å²) in [6, 6.07) is 17.8. The van der Waals surface area contributed by atoms with E-state index in [1.807, 2.05) is 67.3 Å². The SMILES string of the molecule is Cc1ccc(CN(Cc2ccc(C)cc2)c2cc(C)c(C(F)(F)F)cn2)cc1. The van der Waals surface area contributed by atoms with Crippen LogP contribution in [0.4, 0.5) is 19.0 Å². The zero-order valence-corrected chi connectivity index (χ0v) is 16.2. The van der Waals surface area contributed by atoms with Gasteiger partial charge in [-0.2, -0.15) is 13.2 Å². The van der Waals surface area contributed by atoms with E-state index in [9.17, 15) is 13.2 Å². The van der Waals surface area contributed by atoms with Gasteiger partial charge in [0.15, 0.2) is 0 Å². The summed E-state index contributed by atoms with van der Waals surface area (Å²) in [6.07, 6.45) is -3.46. The molecule has 0 aliphatic heterocycles. The first kappa shape index (κ1) is 19.9. The van der Waals surface area contributed by atoms with Crippen LogP contribution in [-0.4, -0.2) is 4.98 Å². The molecule has 1 heterocycles. The molecule has 0 unspecified atom stereocenters. The Bertz CT molecular complexity index is 882. The molecule has 0 radical (unpaired) electrons. The van der Waals surface area contributed by atoms with Gasteiger partial charge in [-0.15, -0.1) is 0 Å². The van der Waals surface area contributed by atoms with Crippen LogP contribution in [0.2, 0.25) is 0 Å². The van der Waals surface area contributed by atoms with Crippen molar-refractivity contribution in [3.05, 3.63) is 94.2 Å². The number of hydrogen-bond acceptors (Lipinski definition) is 2. The van der Waals surface area contributed by atoms with Crippen molar-refractivity contribution in [1.82, 2.24) is 4.98 Å². The van der Waals surface area contributed by atoms with Gasteiger partial charge in [0.2, 0.25) is 0 Å². The van der Waals surface area contributed by atoms with Crippen molar-refractivity contribution in [2.45, 2.75) is 40.0 Å². The second-order valence-electron chi connectivity index (χ2n) is 7.18. The highest BCUT2D eigenvalue weighted by Gasteiger charge is 2.33. The minimum Gasteiger partial charge on any atom is -0.348 e. The second-order valence-corrected chi connectivity index (χ2v) is 7.18. The molecule has 2 nitrogen and oxygen atoms in total. The average Bonchev–Trinajstić information content (AvgIpc) is 2.63. The number of benzene rings is 2. The maximum atomic E-state index is 13.1. The predicted octanol–water partition coefficient (Wildman–Crippen LogP) is 6.23. The summed E-state index contributed by atoms with van der Waals surface area (Å²) < 4.78 is 39.3. The lowest BCUT2D eigenvalue weighted by atomic mass is 10.1. The van der Waals surface area contributed by atoms with Crippen molar-refractivity contribution >= 4 is 5.82 Å². The topological polar surface area (TPSA) is 16.1 Å². The van der Waals surface area contributed by atoms with Gasteiger partial charge in [0, 0.05) is 19.3 Å². The number of halogens is 3. The first-order valence-corrected chi connectivity index (χ1v) is 9.12. The van der Waals surface area contributed by atoms with Crippen LogP contribution in [0, 0.1) is 20.8 Å². The normalized spacial score (nSPS) is 11.5. The van der Waals surface area contributed by atoms with Crippen LogP contribution in [0.5, 0.6) is 0 Å². The number of alkyl halides is 3. The molecule has 1 aromatic heterocycles. The number of hydrogen-bond donors (Lipinski definition) is 0. The van der Waals surface area contributed by atoms with Crippen LogP contribution >= 0.6 is 0 Å². The minimum atomic E-state index is -4.39. The van der Waals surface area contributed by atoms with E-state index in [-0.39, 0.29) is 5.56 Å². The van der Waals surface area contributed by atoms with Crippen molar-refractivity contribution in [2.24, 2.45) is 0 Å². The lowest BCUT2D eigenvalue weighted by Gasteiger charge is -2.25. The number of pyridine rings is 1. The van der Waals surface area contributed by atoms with Gasteiger partial charge in [-0.25, -0.2) is 4.98 Å². The monoisotopic (exact) mass is 384 g/mol. The van der Waals surface area contributed by atoms with E-state index in [1.54, 1.807) is 0 Å². The molecule has 0 fully saturated rings. The molecule has 0 saturated carbocycles. The molecule has 0 N–H and O–H groups in total. The van der Waals surface area contributed by atoms with E-state index < -0.39 is 11.7 Å². The Balaban J connectivity index is 1.93. The van der Waals surface area contributed by atoms with Gasteiger partial charge in [0.05, 0.1) is 5.56 Å². The quantitative estimate of drug-likeness (QED) is 0.518. The molecular formula is C23H23F3N2. The van der Waals surface area contributed by atoms with Crippen LogP contribution < -0.4 is 4.90 Å². The third-order valence-corrected chi connectivity index (χ3v) is 4.71. The fourth-order valence-electron chi connectivity index (χ4n) is 3.06. The standard InChI is InChI=1S/C23H23F3N2/c1-16-4-8-19(9-5-16)14-28(15-20-10-6-17(2)7-11-20)22-12-18(3)21(13-27-22)23(24,25)26/h4-13H,14-15H2,1-3H3. The molecule has 3 aromatic rings. The van der Waals surface area contributed by atoms with Crippen LogP contribution in [0.3, 0.4) is 0 Å². The zero-order valence-electron chi connectivity index (χ0n) is 16.2. The molecule has 146 valence electrons. The molecular weight excluding hydrogens is 361 g/mol. The van der Waals surface area contributed by atoms with Crippen molar-refractivity contribution in [3.8, 4) is 0 Å². The fourth-order valence-corrected chi connectivity index (χ4v) is 3.06. The predicted molar refractivity (Wildman–Crippen MR) is 106 cm³/mol. The Hall–Kier alpha value is -2.82. The molecule has 3 rings (SSSR count). The van der Waals surface area contributed by atoms with E-state index in [0.717, 1.165) is 28.5 Å². The van der Waals surface area contributed by atoms with Crippen molar-refractivity contribution < 1.29 is 13.2 Å². The molecule has 0 amide bonds. The fraction of sp³-hybridized carbons (Fsp3) is 0.261. The van der Waals surface area contributed by atoms with Crippen molar-refractivity contribution in [2.75, 3.05) is 4.90 Å². The Labute approximate surface area is 163 Å². The summed E-state index contributed by atoms with van der Waals surface area (Å²) in [5, 5.41) is 0. The van der Waals surface area contributed by atoms with E-state index >= 15 is 0 Å². The highest BCUT2D eigenvalue weighted by molar-refractivity contribution is 5.46. The van der Waals surface area contributed by atoms with Gasteiger partial charge < -0.3 is 4.90 Å². The molecule has 0 bridgehead atoms. The smallest absolute Gasteiger partial charge is 0.348 e. The molecule has 0 saturated heterocycles. The van der Waals surface area contributed by atoms with Gasteiger partial charge in [0.25, 0.3) is 0 Å².